The van der Waals surface area contributed by atoms with Gasteiger partial charge in [-0.05, 0) is 35.2 Å². The number of hydrogen-bond donors (Lipinski definition) is 2. The first-order valence-corrected chi connectivity index (χ1v) is 7.79. The van der Waals surface area contributed by atoms with E-state index in [1.807, 2.05) is 32.9 Å². The van der Waals surface area contributed by atoms with Crippen molar-refractivity contribution in [2.75, 3.05) is 5.73 Å². The number of aromatic nitrogens is 1. The Morgan fingerprint density at radius 3 is 1.90 bits per heavy atom. The van der Waals surface area contributed by atoms with Crippen LogP contribution >= 0.6 is 0 Å². The van der Waals surface area contributed by atoms with Crippen LogP contribution in [0.15, 0.2) is 53.6 Å². The molecule has 0 amide bonds. The van der Waals surface area contributed by atoms with Crippen LogP contribution in [0.4, 0.5) is 5.82 Å². The van der Waals surface area contributed by atoms with Gasteiger partial charge in [-0.15, -0.1) is 0 Å². The largest absolute Gasteiger partial charge is 0.384 e. The first kappa shape index (κ1) is 17.1. The van der Waals surface area contributed by atoms with Gasteiger partial charge in [0.15, 0.2) is 0 Å². The minimum atomic E-state index is -4.07. The maximum Gasteiger partial charge on any atom is 0.294 e. The quantitative estimate of drug-likeness (QED) is 0.790. The molecule has 0 saturated heterocycles. The molecule has 0 radical (unpaired) electrons. The highest BCUT2D eigenvalue weighted by Crippen LogP contribution is 2.23. The topological polar surface area (TPSA) is 93.3 Å². The molecular weight excluding hydrogens is 288 g/mol. The molecule has 1 aromatic carbocycles. The third-order valence-electron chi connectivity index (χ3n) is 2.71. The van der Waals surface area contributed by atoms with Gasteiger partial charge >= 0.3 is 0 Å². The summed E-state index contributed by atoms with van der Waals surface area (Å²) in [6.45, 7) is 6.11. The van der Waals surface area contributed by atoms with E-state index < -0.39 is 10.1 Å². The number of nitrogens with zero attached hydrogens (tertiary/aromatic N) is 1. The molecular formula is C15H20N2O3S. The van der Waals surface area contributed by atoms with E-state index in [4.69, 9.17) is 10.3 Å². The van der Waals surface area contributed by atoms with Crippen molar-refractivity contribution in [1.82, 2.24) is 4.98 Å². The summed E-state index contributed by atoms with van der Waals surface area (Å²) < 4.78 is 30.3. The van der Waals surface area contributed by atoms with Crippen LogP contribution in [-0.4, -0.2) is 18.0 Å². The molecule has 0 atom stereocenters. The fraction of sp³-hybridized carbons (Fsp3) is 0.267. The van der Waals surface area contributed by atoms with Crippen molar-refractivity contribution in [3.8, 4) is 0 Å². The van der Waals surface area contributed by atoms with E-state index in [2.05, 4.69) is 4.98 Å². The molecule has 0 unspecified atom stereocenters. The Hall–Kier alpha value is -1.92. The monoisotopic (exact) mass is 308 g/mol. The normalized spacial score (nSPS) is 11.4. The summed E-state index contributed by atoms with van der Waals surface area (Å²) in [5.74, 6) is 0.572. The molecule has 21 heavy (non-hydrogen) atoms. The van der Waals surface area contributed by atoms with Crippen LogP contribution in [0, 0.1) is 0 Å². The van der Waals surface area contributed by atoms with Gasteiger partial charge in [-0.25, -0.2) is 4.98 Å². The lowest BCUT2D eigenvalue weighted by Crippen LogP contribution is -2.11. The number of hydrogen-bond acceptors (Lipinski definition) is 4. The van der Waals surface area contributed by atoms with Gasteiger partial charge in [0.1, 0.15) is 5.82 Å². The Bertz CT molecular complexity index is 660. The summed E-state index contributed by atoms with van der Waals surface area (Å²) in [6.07, 6.45) is 1.66. The third-order valence-corrected chi connectivity index (χ3v) is 3.57. The Morgan fingerprint density at radius 1 is 1.05 bits per heavy atom. The van der Waals surface area contributed by atoms with Gasteiger partial charge < -0.3 is 5.73 Å². The Morgan fingerprint density at radius 2 is 1.62 bits per heavy atom. The van der Waals surface area contributed by atoms with E-state index in [9.17, 15) is 8.42 Å². The third kappa shape index (κ3) is 5.93. The number of benzene rings is 1. The lowest BCUT2D eigenvalue weighted by Gasteiger charge is -2.18. The van der Waals surface area contributed by atoms with E-state index in [1.54, 1.807) is 24.4 Å². The molecule has 3 N–H and O–H groups in total. The molecule has 0 aliphatic heterocycles. The van der Waals surface area contributed by atoms with Gasteiger partial charge in [0.25, 0.3) is 10.1 Å². The number of rotatable bonds is 1. The molecule has 0 fully saturated rings. The van der Waals surface area contributed by atoms with Crippen LogP contribution in [0.25, 0.3) is 0 Å². The Balaban J connectivity index is 0.000000262. The van der Waals surface area contributed by atoms with E-state index in [-0.39, 0.29) is 10.3 Å². The minimum Gasteiger partial charge on any atom is -0.384 e. The standard InChI is InChI=1S/C10H14O3S.C5H6N2/c1-10(2,3)8-4-6-9(7-5-8)14(11,12)13;6-5-3-1-2-4-7-5/h4-7H,1-3H3,(H,11,12,13);1-4H,(H2,6,7). The maximum atomic E-state index is 10.7. The van der Waals surface area contributed by atoms with E-state index >= 15 is 0 Å². The fourth-order valence-corrected chi connectivity index (χ4v) is 1.98. The number of nitrogens with two attached hydrogens (primary N) is 1. The van der Waals surface area contributed by atoms with Crippen molar-refractivity contribution in [3.63, 3.8) is 0 Å². The van der Waals surface area contributed by atoms with Gasteiger partial charge in [0.05, 0.1) is 4.90 Å². The molecule has 0 bridgehead atoms. The lowest BCUT2D eigenvalue weighted by atomic mass is 9.87. The summed E-state index contributed by atoms with van der Waals surface area (Å²) in [5, 5.41) is 0. The van der Waals surface area contributed by atoms with Crippen LogP contribution in [-0.2, 0) is 15.5 Å². The van der Waals surface area contributed by atoms with E-state index in [0.29, 0.717) is 5.82 Å². The van der Waals surface area contributed by atoms with Crippen LogP contribution < -0.4 is 5.73 Å². The van der Waals surface area contributed by atoms with E-state index in [1.165, 1.54) is 12.1 Å². The number of anilines is 1. The Labute approximate surface area is 125 Å². The van der Waals surface area contributed by atoms with Crippen LogP contribution in [0.5, 0.6) is 0 Å². The van der Waals surface area contributed by atoms with Gasteiger partial charge in [-0.2, -0.15) is 8.42 Å². The second-order valence-corrected chi connectivity index (χ2v) is 6.93. The highest BCUT2D eigenvalue weighted by atomic mass is 32.2. The maximum absolute atomic E-state index is 10.7. The number of nitrogen functional groups attached to an aromatic ring is 1. The zero-order valence-electron chi connectivity index (χ0n) is 12.3. The average molecular weight is 308 g/mol. The second kappa shape index (κ2) is 6.69. The van der Waals surface area contributed by atoms with Crippen LogP contribution in [0.2, 0.25) is 0 Å². The highest BCUT2D eigenvalue weighted by molar-refractivity contribution is 7.85. The van der Waals surface area contributed by atoms with Crippen molar-refractivity contribution in [3.05, 3.63) is 54.2 Å². The second-order valence-electron chi connectivity index (χ2n) is 5.50. The lowest BCUT2D eigenvalue weighted by molar-refractivity contribution is 0.483. The first-order chi connectivity index (χ1) is 9.60. The van der Waals surface area contributed by atoms with Crippen molar-refractivity contribution >= 4 is 15.9 Å². The molecule has 2 aromatic rings. The summed E-state index contributed by atoms with van der Waals surface area (Å²) in [6, 6.07) is 11.7. The zero-order valence-corrected chi connectivity index (χ0v) is 13.1. The summed E-state index contributed by atoms with van der Waals surface area (Å²) in [4.78, 5) is 3.69. The molecule has 0 spiro atoms. The average Bonchev–Trinajstić information content (AvgIpc) is 2.38. The van der Waals surface area contributed by atoms with Gasteiger partial charge in [-0.1, -0.05) is 39.0 Å². The summed E-state index contributed by atoms with van der Waals surface area (Å²) >= 11 is 0. The van der Waals surface area contributed by atoms with E-state index in [0.717, 1.165) is 5.56 Å². The molecule has 114 valence electrons. The van der Waals surface area contributed by atoms with Gasteiger partial charge in [0, 0.05) is 6.20 Å². The molecule has 2 rings (SSSR count). The Kier molecular flexibility index (Phi) is 5.46. The molecule has 0 aliphatic carbocycles. The highest BCUT2D eigenvalue weighted by Gasteiger charge is 2.15. The molecule has 6 heteroatoms. The predicted octanol–water partition coefficient (Wildman–Crippen LogP) is 2.89. The molecule has 0 aliphatic rings. The molecule has 1 aromatic heterocycles. The number of pyridine rings is 1. The van der Waals surface area contributed by atoms with Gasteiger partial charge in [-0.3, -0.25) is 4.55 Å². The fourth-order valence-electron chi connectivity index (χ4n) is 1.50. The van der Waals surface area contributed by atoms with Crippen LogP contribution in [0.3, 0.4) is 0 Å². The SMILES string of the molecule is CC(C)(C)c1ccc(S(=O)(=O)O)cc1.Nc1ccccn1. The van der Waals surface area contributed by atoms with Crippen molar-refractivity contribution < 1.29 is 13.0 Å². The van der Waals surface area contributed by atoms with Gasteiger partial charge in [0.2, 0.25) is 0 Å². The predicted molar refractivity (Wildman–Crippen MR) is 83.6 cm³/mol. The summed E-state index contributed by atoms with van der Waals surface area (Å²) in [5.41, 5.74) is 6.26. The molecule has 0 saturated carbocycles. The van der Waals surface area contributed by atoms with Crippen molar-refractivity contribution in [2.45, 2.75) is 31.1 Å². The minimum absolute atomic E-state index is 0.0161. The molecule has 5 nitrogen and oxygen atoms in total. The van der Waals surface area contributed by atoms with Crippen molar-refractivity contribution in [2.24, 2.45) is 0 Å². The molecule has 1 heterocycles. The zero-order chi connectivity index (χ0) is 16.1. The summed E-state index contributed by atoms with van der Waals surface area (Å²) in [7, 11) is -4.07. The first-order valence-electron chi connectivity index (χ1n) is 6.35. The smallest absolute Gasteiger partial charge is 0.294 e. The van der Waals surface area contributed by atoms with Crippen LogP contribution in [0.1, 0.15) is 26.3 Å². The van der Waals surface area contributed by atoms with Crippen molar-refractivity contribution in [1.29, 1.82) is 0 Å².